The fraction of sp³-hybridized carbons (Fsp3) is 0.280. The molecule has 1 heterocycles. The van der Waals surface area contributed by atoms with Crippen molar-refractivity contribution in [2.45, 2.75) is 33.9 Å². The van der Waals surface area contributed by atoms with E-state index in [9.17, 15) is 4.79 Å². The molecule has 2 aromatic carbocycles. The third-order valence-electron chi connectivity index (χ3n) is 4.59. The lowest BCUT2D eigenvalue weighted by molar-refractivity contribution is 0.103. The van der Waals surface area contributed by atoms with Gasteiger partial charge in [0, 0.05) is 12.7 Å². The quantitative estimate of drug-likeness (QED) is 0.316. The first kappa shape index (κ1) is 22.2. The highest BCUT2D eigenvalue weighted by Gasteiger charge is 2.08. The number of aromatic nitrogens is 2. The molecule has 162 valence electrons. The fourth-order valence-electron chi connectivity index (χ4n) is 3.08. The van der Waals surface area contributed by atoms with Gasteiger partial charge in [0.15, 0.2) is 11.5 Å². The number of nitrogens with zero attached hydrogens (tertiary/aromatic N) is 2. The van der Waals surface area contributed by atoms with E-state index in [1.165, 1.54) is 0 Å². The van der Waals surface area contributed by atoms with E-state index in [2.05, 4.69) is 5.10 Å². The van der Waals surface area contributed by atoms with E-state index in [4.69, 9.17) is 14.2 Å². The maximum absolute atomic E-state index is 12.3. The lowest BCUT2D eigenvalue weighted by Crippen LogP contribution is -2.07. The third kappa shape index (κ3) is 5.98. The Morgan fingerprint density at radius 1 is 0.935 bits per heavy atom. The molecule has 0 aliphatic rings. The monoisotopic (exact) mass is 420 g/mol. The standard InChI is InChI=1S/C25H28N2O4/c1-4-27-22(15-16-26-27)23(28)13-9-19-7-11-21(12-8-19)31-18-20-10-14-24(29-5-2)25(17-20)30-6-3/h7-17H,4-6,18H2,1-3H3/b13-9+. The number of benzene rings is 2. The van der Waals surface area contributed by atoms with E-state index in [-0.39, 0.29) is 5.78 Å². The van der Waals surface area contributed by atoms with E-state index < -0.39 is 0 Å². The molecule has 0 N–H and O–H groups in total. The highest BCUT2D eigenvalue weighted by molar-refractivity contribution is 6.05. The molecule has 0 saturated heterocycles. The number of hydrogen-bond acceptors (Lipinski definition) is 5. The zero-order chi connectivity index (χ0) is 22.1. The Labute approximate surface area is 183 Å². The Bertz CT molecular complexity index is 1020. The number of carbonyl (C=O) groups is 1. The average molecular weight is 421 g/mol. The highest BCUT2D eigenvalue weighted by atomic mass is 16.5. The summed E-state index contributed by atoms with van der Waals surface area (Å²) in [5.74, 6) is 2.14. The second kappa shape index (κ2) is 11.0. The highest BCUT2D eigenvalue weighted by Crippen LogP contribution is 2.29. The van der Waals surface area contributed by atoms with Gasteiger partial charge in [0.25, 0.3) is 0 Å². The number of ether oxygens (including phenoxy) is 3. The second-order valence-electron chi connectivity index (χ2n) is 6.73. The molecule has 0 atom stereocenters. The smallest absolute Gasteiger partial charge is 0.203 e. The third-order valence-corrected chi connectivity index (χ3v) is 4.59. The summed E-state index contributed by atoms with van der Waals surface area (Å²) in [7, 11) is 0. The van der Waals surface area contributed by atoms with Gasteiger partial charge in [-0.05, 0) is 68.3 Å². The predicted molar refractivity (Wildman–Crippen MR) is 121 cm³/mol. The first-order valence-corrected chi connectivity index (χ1v) is 10.5. The van der Waals surface area contributed by atoms with E-state index >= 15 is 0 Å². The van der Waals surface area contributed by atoms with Gasteiger partial charge in [-0.3, -0.25) is 9.48 Å². The first-order valence-electron chi connectivity index (χ1n) is 10.5. The molecule has 0 aliphatic carbocycles. The molecule has 3 rings (SSSR count). The summed E-state index contributed by atoms with van der Waals surface area (Å²) in [6, 6.07) is 15.2. The minimum atomic E-state index is -0.0692. The zero-order valence-electron chi connectivity index (χ0n) is 18.2. The maximum Gasteiger partial charge on any atom is 0.203 e. The Morgan fingerprint density at radius 3 is 2.39 bits per heavy atom. The van der Waals surface area contributed by atoms with Crippen LogP contribution < -0.4 is 14.2 Å². The maximum atomic E-state index is 12.3. The van der Waals surface area contributed by atoms with Crippen molar-refractivity contribution in [3.05, 3.63) is 77.6 Å². The Hall–Kier alpha value is -3.54. The van der Waals surface area contributed by atoms with Crippen molar-refractivity contribution >= 4 is 11.9 Å². The van der Waals surface area contributed by atoms with Crippen molar-refractivity contribution in [2.24, 2.45) is 0 Å². The molecule has 0 radical (unpaired) electrons. The Balaban J connectivity index is 1.59. The van der Waals surface area contributed by atoms with Crippen molar-refractivity contribution in [1.29, 1.82) is 0 Å². The summed E-state index contributed by atoms with van der Waals surface area (Å²) in [5, 5.41) is 4.13. The van der Waals surface area contributed by atoms with Crippen LogP contribution >= 0.6 is 0 Å². The molecule has 3 aromatic rings. The topological polar surface area (TPSA) is 62.6 Å². The number of allylic oxidation sites excluding steroid dienone is 1. The SMILES string of the molecule is CCOc1ccc(COc2ccc(/C=C/C(=O)c3ccnn3CC)cc2)cc1OCC. The summed E-state index contributed by atoms with van der Waals surface area (Å²) in [6.07, 6.45) is 4.99. The van der Waals surface area contributed by atoms with Crippen LogP contribution in [0, 0.1) is 0 Å². The molecule has 0 aliphatic heterocycles. The van der Waals surface area contributed by atoms with Crippen LogP contribution in [0.3, 0.4) is 0 Å². The summed E-state index contributed by atoms with van der Waals surface area (Å²) < 4.78 is 18.8. The minimum Gasteiger partial charge on any atom is -0.490 e. The molecule has 31 heavy (non-hydrogen) atoms. The lowest BCUT2D eigenvalue weighted by atomic mass is 10.1. The van der Waals surface area contributed by atoms with Crippen molar-refractivity contribution < 1.29 is 19.0 Å². The number of aryl methyl sites for hydroxylation is 1. The lowest BCUT2D eigenvalue weighted by Gasteiger charge is -2.13. The van der Waals surface area contributed by atoms with Gasteiger partial charge in [-0.15, -0.1) is 0 Å². The van der Waals surface area contributed by atoms with Gasteiger partial charge in [-0.1, -0.05) is 24.3 Å². The number of hydrogen-bond donors (Lipinski definition) is 0. The van der Waals surface area contributed by atoms with Gasteiger partial charge in [-0.25, -0.2) is 0 Å². The van der Waals surface area contributed by atoms with E-state index in [0.717, 1.165) is 28.4 Å². The number of ketones is 1. The summed E-state index contributed by atoms with van der Waals surface area (Å²) in [5.41, 5.74) is 2.50. The normalized spacial score (nSPS) is 10.9. The van der Waals surface area contributed by atoms with Gasteiger partial charge in [0.05, 0.1) is 13.2 Å². The first-order chi connectivity index (χ1) is 15.1. The molecule has 0 unspecified atom stereocenters. The molecule has 6 nitrogen and oxygen atoms in total. The van der Waals surface area contributed by atoms with Crippen LogP contribution in [0.5, 0.6) is 17.2 Å². The molecule has 0 fully saturated rings. The Morgan fingerprint density at radius 2 is 1.68 bits per heavy atom. The molecule has 0 bridgehead atoms. The van der Waals surface area contributed by atoms with Gasteiger partial charge in [0.1, 0.15) is 18.1 Å². The molecule has 0 amide bonds. The van der Waals surface area contributed by atoms with Gasteiger partial charge >= 0.3 is 0 Å². The van der Waals surface area contributed by atoms with Crippen LogP contribution in [0.15, 0.2) is 60.8 Å². The molecular weight excluding hydrogens is 392 g/mol. The molecule has 1 aromatic heterocycles. The van der Waals surface area contributed by atoms with E-state index in [1.807, 2.05) is 63.2 Å². The molecular formula is C25H28N2O4. The minimum absolute atomic E-state index is 0.0692. The number of rotatable bonds is 11. The summed E-state index contributed by atoms with van der Waals surface area (Å²) in [6.45, 7) is 8.09. The zero-order valence-corrected chi connectivity index (χ0v) is 18.2. The van der Waals surface area contributed by atoms with Crippen LogP contribution in [0.2, 0.25) is 0 Å². The van der Waals surface area contributed by atoms with Crippen molar-refractivity contribution in [1.82, 2.24) is 9.78 Å². The largest absolute Gasteiger partial charge is 0.490 e. The van der Waals surface area contributed by atoms with E-state index in [1.54, 1.807) is 29.1 Å². The fourth-order valence-corrected chi connectivity index (χ4v) is 3.08. The van der Waals surface area contributed by atoms with Gasteiger partial charge in [-0.2, -0.15) is 5.10 Å². The van der Waals surface area contributed by atoms with Crippen LogP contribution in [0.4, 0.5) is 0 Å². The van der Waals surface area contributed by atoms with Crippen molar-refractivity contribution in [3.8, 4) is 17.2 Å². The van der Waals surface area contributed by atoms with Crippen LogP contribution in [0.25, 0.3) is 6.08 Å². The van der Waals surface area contributed by atoms with Crippen LogP contribution in [0.1, 0.15) is 42.4 Å². The van der Waals surface area contributed by atoms with Gasteiger partial charge < -0.3 is 14.2 Å². The molecule has 0 saturated carbocycles. The molecule has 0 spiro atoms. The van der Waals surface area contributed by atoms with Gasteiger partial charge in [0.2, 0.25) is 5.78 Å². The predicted octanol–water partition coefficient (Wildman–Crippen LogP) is 5.18. The van der Waals surface area contributed by atoms with E-state index in [0.29, 0.717) is 32.1 Å². The summed E-state index contributed by atoms with van der Waals surface area (Å²) >= 11 is 0. The number of carbonyl (C=O) groups excluding carboxylic acids is 1. The van der Waals surface area contributed by atoms with Crippen molar-refractivity contribution in [3.63, 3.8) is 0 Å². The molecule has 6 heteroatoms. The Kier molecular flexibility index (Phi) is 7.87. The van der Waals surface area contributed by atoms with Crippen LogP contribution in [-0.4, -0.2) is 28.8 Å². The average Bonchev–Trinajstić information content (AvgIpc) is 3.28. The summed E-state index contributed by atoms with van der Waals surface area (Å²) in [4.78, 5) is 12.3. The van der Waals surface area contributed by atoms with Crippen LogP contribution in [-0.2, 0) is 13.2 Å². The van der Waals surface area contributed by atoms with Crippen molar-refractivity contribution in [2.75, 3.05) is 13.2 Å². The second-order valence-corrected chi connectivity index (χ2v) is 6.73.